The SMILES string of the molecule is COc1cccc(-c2csc(N(C)Cc3ccc(C(=O)NCc4cccc(CN)c4)cc3)n2)c1. The van der Waals surface area contributed by atoms with Crippen molar-refractivity contribution >= 4 is 22.4 Å². The maximum absolute atomic E-state index is 12.5. The minimum absolute atomic E-state index is 0.0964. The van der Waals surface area contributed by atoms with Gasteiger partial charge in [-0.1, -0.05) is 48.5 Å². The maximum Gasteiger partial charge on any atom is 0.251 e. The average molecular weight is 473 g/mol. The molecule has 3 N–H and O–H groups in total. The van der Waals surface area contributed by atoms with Crippen molar-refractivity contribution in [3.05, 3.63) is 100 Å². The lowest BCUT2D eigenvalue weighted by atomic mass is 10.1. The van der Waals surface area contributed by atoms with Gasteiger partial charge in [-0.2, -0.15) is 0 Å². The molecule has 0 atom stereocenters. The molecule has 0 aliphatic heterocycles. The summed E-state index contributed by atoms with van der Waals surface area (Å²) in [6.45, 7) is 1.65. The van der Waals surface area contributed by atoms with Crippen LogP contribution in [0.25, 0.3) is 11.3 Å². The number of aromatic nitrogens is 1. The van der Waals surface area contributed by atoms with E-state index in [2.05, 4.69) is 15.6 Å². The maximum atomic E-state index is 12.5. The summed E-state index contributed by atoms with van der Waals surface area (Å²) in [5.74, 6) is 0.717. The second-order valence-electron chi connectivity index (χ2n) is 8.01. The van der Waals surface area contributed by atoms with Gasteiger partial charge in [-0.25, -0.2) is 4.98 Å². The van der Waals surface area contributed by atoms with E-state index < -0.39 is 0 Å². The van der Waals surface area contributed by atoms with Gasteiger partial charge >= 0.3 is 0 Å². The predicted molar refractivity (Wildman–Crippen MR) is 138 cm³/mol. The number of benzene rings is 3. The molecule has 0 aliphatic rings. The fraction of sp³-hybridized carbons (Fsp3) is 0.185. The van der Waals surface area contributed by atoms with E-state index in [0.29, 0.717) is 25.2 Å². The number of rotatable bonds is 9. The number of ether oxygens (including phenoxy) is 1. The quantitative estimate of drug-likeness (QED) is 0.364. The molecule has 1 heterocycles. The number of anilines is 1. The van der Waals surface area contributed by atoms with E-state index in [-0.39, 0.29) is 5.91 Å². The van der Waals surface area contributed by atoms with Crippen molar-refractivity contribution in [2.24, 2.45) is 5.73 Å². The van der Waals surface area contributed by atoms with E-state index in [1.54, 1.807) is 18.4 Å². The first kappa shape index (κ1) is 23.5. The van der Waals surface area contributed by atoms with Crippen molar-refractivity contribution < 1.29 is 9.53 Å². The Bertz CT molecular complexity index is 1250. The van der Waals surface area contributed by atoms with Crippen LogP contribution in [0, 0.1) is 0 Å². The molecule has 0 aliphatic carbocycles. The Hall–Kier alpha value is -3.68. The zero-order chi connectivity index (χ0) is 23.9. The van der Waals surface area contributed by atoms with E-state index in [9.17, 15) is 4.79 Å². The van der Waals surface area contributed by atoms with Gasteiger partial charge in [0.15, 0.2) is 5.13 Å². The highest BCUT2D eigenvalue weighted by atomic mass is 32.1. The highest BCUT2D eigenvalue weighted by molar-refractivity contribution is 7.14. The van der Waals surface area contributed by atoms with Crippen LogP contribution in [0.5, 0.6) is 5.75 Å². The molecule has 34 heavy (non-hydrogen) atoms. The molecule has 3 aromatic carbocycles. The summed E-state index contributed by atoms with van der Waals surface area (Å²) in [5, 5.41) is 5.95. The van der Waals surface area contributed by atoms with Gasteiger partial charge in [0.1, 0.15) is 5.75 Å². The Morgan fingerprint density at radius 1 is 1.03 bits per heavy atom. The average Bonchev–Trinajstić information content (AvgIpc) is 3.38. The fourth-order valence-electron chi connectivity index (χ4n) is 3.61. The van der Waals surface area contributed by atoms with Gasteiger partial charge in [0, 0.05) is 43.2 Å². The number of thiazole rings is 1. The molecule has 0 spiro atoms. The lowest BCUT2D eigenvalue weighted by Crippen LogP contribution is -2.23. The molecular formula is C27H28N4O2S. The smallest absolute Gasteiger partial charge is 0.251 e. The van der Waals surface area contributed by atoms with Gasteiger partial charge in [0.2, 0.25) is 0 Å². The standard InChI is InChI=1S/C27H28N4O2S/c1-31(27-30-25(18-34-27)23-7-4-8-24(14-23)33-2)17-19-9-11-22(12-10-19)26(32)29-16-21-6-3-5-20(13-21)15-28/h3-14,18H,15-17,28H2,1-2H3,(H,29,32). The lowest BCUT2D eigenvalue weighted by molar-refractivity contribution is 0.0951. The number of nitrogens with two attached hydrogens (primary N) is 1. The first-order valence-electron chi connectivity index (χ1n) is 11.0. The minimum Gasteiger partial charge on any atom is -0.497 e. The van der Waals surface area contributed by atoms with Gasteiger partial charge in [-0.05, 0) is 41.0 Å². The van der Waals surface area contributed by atoms with Crippen LogP contribution in [-0.2, 0) is 19.6 Å². The zero-order valence-corrected chi connectivity index (χ0v) is 20.1. The van der Waals surface area contributed by atoms with Gasteiger partial charge in [-0.3, -0.25) is 4.79 Å². The molecule has 1 amide bonds. The monoisotopic (exact) mass is 472 g/mol. The van der Waals surface area contributed by atoms with Crippen molar-refractivity contribution in [2.75, 3.05) is 19.1 Å². The van der Waals surface area contributed by atoms with Crippen molar-refractivity contribution in [1.82, 2.24) is 10.3 Å². The third kappa shape index (κ3) is 5.81. The topological polar surface area (TPSA) is 80.5 Å². The summed E-state index contributed by atoms with van der Waals surface area (Å²) in [5.41, 5.74) is 11.5. The van der Waals surface area contributed by atoms with E-state index in [1.807, 2.05) is 79.8 Å². The van der Waals surface area contributed by atoms with Crippen LogP contribution in [0.4, 0.5) is 5.13 Å². The number of amides is 1. The number of carbonyl (C=O) groups excluding carboxylic acids is 1. The Balaban J connectivity index is 1.35. The Morgan fingerprint density at radius 3 is 2.56 bits per heavy atom. The van der Waals surface area contributed by atoms with Crippen molar-refractivity contribution in [2.45, 2.75) is 19.6 Å². The van der Waals surface area contributed by atoms with Crippen LogP contribution in [0.2, 0.25) is 0 Å². The molecule has 4 aromatic rings. The molecule has 0 saturated heterocycles. The molecule has 0 fully saturated rings. The normalized spacial score (nSPS) is 10.7. The summed E-state index contributed by atoms with van der Waals surface area (Å²) in [4.78, 5) is 19.4. The predicted octanol–water partition coefficient (Wildman–Crippen LogP) is 4.84. The van der Waals surface area contributed by atoms with Gasteiger partial charge in [0.05, 0.1) is 12.8 Å². The van der Waals surface area contributed by atoms with Crippen molar-refractivity contribution in [1.29, 1.82) is 0 Å². The lowest BCUT2D eigenvalue weighted by Gasteiger charge is -2.16. The molecule has 0 unspecified atom stereocenters. The Morgan fingerprint density at radius 2 is 1.79 bits per heavy atom. The van der Waals surface area contributed by atoms with E-state index in [1.165, 1.54) is 0 Å². The molecule has 0 radical (unpaired) electrons. The molecule has 0 bridgehead atoms. The third-order valence-corrected chi connectivity index (χ3v) is 6.46. The van der Waals surface area contributed by atoms with Gasteiger partial charge in [0.25, 0.3) is 5.91 Å². The Labute approximate surface area is 204 Å². The van der Waals surface area contributed by atoms with Crippen LogP contribution in [-0.4, -0.2) is 25.0 Å². The second kappa shape index (κ2) is 11.0. The van der Waals surface area contributed by atoms with Crippen LogP contribution >= 0.6 is 11.3 Å². The first-order valence-corrected chi connectivity index (χ1v) is 11.9. The van der Waals surface area contributed by atoms with Crippen LogP contribution in [0.3, 0.4) is 0 Å². The summed E-state index contributed by atoms with van der Waals surface area (Å²) in [7, 11) is 3.68. The van der Waals surface area contributed by atoms with E-state index in [0.717, 1.165) is 38.8 Å². The van der Waals surface area contributed by atoms with Crippen molar-refractivity contribution in [3.8, 4) is 17.0 Å². The molecule has 0 saturated carbocycles. The summed E-state index contributed by atoms with van der Waals surface area (Å²) < 4.78 is 5.32. The third-order valence-electron chi connectivity index (χ3n) is 5.50. The number of methoxy groups -OCH3 is 1. The first-order chi connectivity index (χ1) is 16.6. The molecule has 4 rings (SSSR count). The number of nitrogens with zero attached hydrogens (tertiary/aromatic N) is 2. The number of hydrogen-bond acceptors (Lipinski definition) is 6. The second-order valence-corrected chi connectivity index (χ2v) is 8.84. The van der Waals surface area contributed by atoms with Crippen LogP contribution in [0.1, 0.15) is 27.0 Å². The molecule has 1 aromatic heterocycles. The molecule has 174 valence electrons. The summed E-state index contributed by atoms with van der Waals surface area (Å²) in [6, 6.07) is 23.5. The highest BCUT2D eigenvalue weighted by Gasteiger charge is 2.11. The molecule has 7 heteroatoms. The molecular weight excluding hydrogens is 444 g/mol. The van der Waals surface area contributed by atoms with Crippen molar-refractivity contribution in [3.63, 3.8) is 0 Å². The highest BCUT2D eigenvalue weighted by Crippen LogP contribution is 2.29. The van der Waals surface area contributed by atoms with E-state index >= 15 is 0 Å². The zero-order valence-electron chi connectivity index (χ0n) is 19.3. The van der Waals surface area contributed by atoms with Gasteiger partial charge in [-0.15, -0.1) is 11.3 Å². The number of nitrogens with one attached hydrogen (secondary N) is 1. The largest absolute Gasteiger partial charge is 0.497 e. The van der Waals surface area contributed by atoms with Crippen LogP contribution in [0.15, 0.2) is 78.2 Å². The summed E-state index contributed by atoms with van der Waals surface area (Å²) >= 11 is 1.60. The van der Waals surface area contributed by atoms with Gasteiger partial charge < -0.3 is 20.7 Å². The fourth-order valence-corrected chi connectivity index (χ4v) is 4.41. The number of carbonyl (C=O) groups is 1. The minimum atomic E-state index is -0.0964. The molecule has 6 nitrogen and oxygen atoms in total. The van der Waals surface area contributed by atoms with Crippen LogP contribution < -0.4 is 20.7 Å². The number of hydrogen-bond donors (Lipinski definition) is 2. The van der Waals surface area contributed by atoms with E-state index in [4.69, 9.17) is 15.5 Å². The summed E-state index contributed by atoms with van der Waals surface area (Å²) in [6.07, 6.45) is 0. The Kier molecular flexibility index (Phi) is 7.57.